The monoisotopic (exact) mass is 285 g/mol. The van der Waals surface area contributed by atoms with Gasteiger partial charge in [-0.15, -0.1) is 0 Å². The van der Waals surface area contributed by atoms with Crippen LogP contribution >= 0.6 is 0 Å². The van der Waals surface area contributed by atoms with E-state index in [9.17, 15) is 8.42 Å². The highest BCUT2D eigenvalue weighted by Crippen LogP contribution is 2.25. The lowest BCUT2D eigenvalue weighted by atomic mass is 10.1. The highest BCUT2D eigenvalue weighted by molar-refractivity contribution is 7.91. The van der Waals surface area contributed by atoms with Gasteiger partial charge in [0.25, 0.3) is 0 Å². The molecule has 0 bridgehead atoms. The molecule has 4 nitrogen and oxygen atoms in total. The van der Waals surface area contributed by atoms with Crippen molar-refractivity contribution in [3.8, 4) is 5.75 Å². The fourth-order valence-corrected chi connectivity index (χ4v) is 2.43. The fraction of sp³-hybridized carbons (Fsp3) is 0.571. The van der Waals surface area contributed by atoms with Crippen molar-refractivity contribution >= 4 is 9.84 Å². The summed E-state index contributed by atoms with van der Waals surface area (Å²) < 4.78 is 29.0. The Balaban J connectivity index is 2.75. The molecular weight excluding hydrogens is 262 g/mol. The molecule has 0 saturated carbocycles. The smallest absolute Gasteiger partial charge is 0.155 e. The summed E-state index contributed by atoms with van der Waals surface area (Å²) in [6.07, 6.45) is 0. The second-order valence-electron chi connectivity index (χ2n) is 5.09. The number of benzene rings is 1. The first kappa shape index (κ1) is 16.0. The quantitative estimate of drug-likeness (QED) is 0.870. The van der Waals surface area contributed by atoms with Crippen molar-refractivity contribution in [1.29, 1.82) is 0 Å². The van der Waals surface area contributed by atoms with Gasteiger partial charge < -0.3 is 10.5 Å². The Kier molecular flexibility index (Phi) is 5.38. The van der Waals surface area contributed by atoms with Gasteiger partial charge in [-0.1, -0.05) is 12.1 Å². The third-order valence-corrected chi connectivity index (χ3v) is 5.18. The first-order valence-electron chi connectivity index (χ1n) is 6.44. The average molecular weight is 285 g/mol. The van der Waals surface area contributed by atoms with Gasteiger partial charge in [-0.25, -0.2) is 8.42 Å². The van der Waals surface area contributed by atoms with E-state index >= 15 is 0 Å². The van der Waals surface area contributed by atoms with Gasteiger partial charge in [-0.2, -0.15) is 0 Å². The zero-order chi connectivity index (χ0) is 14.6. The second kappa shape index (κ2) is 6.39. The summed E-state index contributed by atoms with van der Waals surface area (Å²) in [5, 5.41) is -0.374. The number of nitrogens with two attached hydrogens (primary N) is 1. The average Bonchev–Trinajstić information content (AvgIpc) is 2.28. The van der Waals surface area contributed by atoms with E-state index in [-0.39, 0.29) is 23.7 Å². The van der Waals surface area contributed by atoms with Gasteiger partial charge in [-0.3, -0.25) is 0 Å². The topological polar surface area (TPSA) is 69.4 Å². The molecule has 0 radical (unpaired) electrons. The van der Waals surface area contributed by atoms with Crippen LogP contribution in [0.3, 0.4) is 0 Å². The highest BCUT2D eigenvalue weighted by atomic mass is 32.2. The van der Waals surface area contributed by atoms with E-state index in [1.807, 2.05) is 32.0 Å². The molecule has 0 fully saturated rings. The standard InChI is InChI=1S/C14H23NO3S/c1-10(2)19(16,17)8-7-18-14-9-11(3)5-6-13(14)12(4)15/h5-6,9-10,12H,7-8,15H2,1-4H3/t12-/m1/s1. The number of sulfone groups is 1. The first-order chi connectivity index (χ1) is 8.74. The van der Waals surface area contributed by atoms with Crippen LogP contribution in [0.4, 0.5) is 0 Å². The maximum Gasteiger partial charge on any atom is 0.155 e. The van der Waals surface area contributed by atoms with Crippen LogP contribution in [0.2, 0.25) is 0 Å². The molecule has 1 atom stereocenters. The molecule has 0 aliphatic heterocycles. The van der Waals surface area contributed by atoms with E-state index in [2.05, 4.69) is 0 Å². The predicted octanol–water partition coefficient (Wildman–Crippen LogP) is 2.22. The predicted molar refractivity (Wildman–Crippen MR) is 78.2 cm³/mol. The normalized spacial score (nSPS) is 13.6. The lowest BCUT2D eigenvalue weighted by Gasteiger charge is -2.15. The van der Waals surface area contributed by atoms with Crippen molar-refractivity contribution in [1.82, 2.24) is 0 Å². The molecule has 2 N–H and O–H groups in total. The Morgan fingerprint density at radius 3 is 2.42 bits per heavy atom. The summed E-state index contributed by atoms with van der Waals surface area (Å²) in [6, 6.07) is 5.64. The number of hydrogen-bond acceptors (Lipinski definition) is 4. The number of rotatable bonds is 6. The molecule has 0 unspecified atom stereocenters. The Morgan fingerprint density at radius 1 is 1.26 bits per heavy atom. The highest BCUT2D eigenvalue weighted by Gasteiger charge is 2.16. The van der Waals surface area contributed by atoms with Crippen LogP contribution in [0, 0.1) is 6.92 Å². The fourth-order valence-electron chi connectivity index (χ4n) is 1.65. The van der Waals surface area contributed by atoms with Gasteiger partial charge in [0.2, 0.25) is 0 Å². The molecular formula is C14H23NO3S. The van der Waals surface area contributed by atoms with E-state index in [4.69, 9.17) is 10.5 Å². The van der Waals surface area contributed by atoms with Crippen molar-refractivity contribution in [2.75, 3.05) is 12.4 Å². The van der Waals surface area contributed by atoms with Crippen LogP contribution in [-0.2, 0) is 9.84 Å². The van der Waals surface area contributed by atoms with Gasteiger partial charge in [0.1, 0.15) is 12.4 Å². The van der Waals surface area contributed by atoms with E-state index < -0.39 is 9.84 Å². The van der Waals surface area contributed by atoms with E-state index in [0.29, 0.717) is 5.75 Å². The summed E-state index contributed by atoms with van der Waals surface area (Å²) in [5.74, 6) is 0.700. The van der Waals surface area contributed by atoms with Crippen LogP contribution in [0.25, 0.3) is 0 Å². The lowest BCUT2D eigenvalue weighted by molar-refractivity contribution is 0.335. The summed E-state index contributed by atoms with van der Waals surface area (Å²) in [4.78, 5) is 0. The molecule has 0 spiro atoms. The second-order valence-corrected chi connectivity index (χ2v) is 7.77. The Bertz CT molecular complexity index is 521. The lowest BCUT2D eigenvalue weighted by Crippen LogP contribution is -2.22. The van der Waals surface area contributed by atoms with E-state index in [1.54, 1.807) is 13.8 Å². The summed E-state index contributed by atoms with van der Waals surface area (Å²) in [5.41, 5.74) is 7.83. The van der Waals surface area contributed by atoms with Crippen LogP contribution in [-0.4, -0.2) is 26.0 Å². The maximum absolute atomic E-state index is 11.7. The SMILES string of the molecule is Cc1ccc([C@@H](C)N)c(OCCS(=O)(=O)C(C)C)c1. The minimum Gasteiger partial charge on any atom is -0.492 e. The summed E-state index contributed by atoms with van der Waals surface area (Å²) in [7, 11) is -3.07. The minimum absolute atomic E-state index is 0.0248. The number of aryl methyl sites for hydroxylation is 1. The Labute approximate surface area is 115 Å². The van der Waals surface area contributed by atoms with Gasteiger partial charge in [-0.05, 0) is 39.3 Å². The van der Waals surface area contributed by atoms with Crippen LogP contribution in [0.1, 0.15) is 37.9 Å². The van der Waals surface area contributed by atoms with Crippen molar-refractivity contribution in [3.05, 3.63) is 29.3 Å². The van der Waals surface area contributed by atoms with Gasteiger partial charge >= 0.3 is 0 Å². The van der Waals surface area contributed by atoms with Crippen molar-refractivity contribution in [2.45, 2.75) is 39.0 Å². The van der Waals surface area contributed by atoms with E-state index in [1.165, 1.54) is 0 Å². The van der Waals surface area contributed by atoms with Gasteiger partial charge in [0, 0.05) is 11.6 Å². The zero-order valence-corrected chi connectivity index (χ0v) is 12.8. The van der Waals surface area contributed by atoms with Crippen LogP contribution in [0.5, 0.6) is 5.75 Å². The van der Waals surface area contributed by atoms with Crippen LogP contribution in [0.15, 0.2) is 18.2 Å². The van der Waals surface area contributed by atoms with E-state index in [0.717, 1.165) is 11.1 Å². The Morgan fingerprint density at radius 2 is 1.89 bits per heavy atom. The molecule has 0 aliphatic carbocycles. The number of hydrogen-bond donors (Lipinski definition) is 1. The van der Waals surface area contributed by atoms with Crippen molar-refractivity contribution in [2.24, 2.45) is 5.73 Å². The zero-order valence-electron chi connectivity index (χ0n) is 12.0. The molecule has 19 heavy (non-hydrogen) atoms. The molecule has 1 aromatic carbocycles. The third-order valence-electron chi connectivity index (χ3n) is 3.00. The third kappa shape index (κ3) is 4.51. The molecule has 1 rings (SSSR count). The Hall–Kier alpha value is -1.07. The molecule has 0 aliphatic rings. The largest absolute Gasteiger partial charge is 0.492 e. The molecule has 0 heterocycles. The molecule has 1 aromatic rings. The van der Waals surface area contributed by atoms with Crippen LogP contribution < -0.4 is 10.5 Å². The summed E-state index contributed by atoms with van der Waals surface area (Å²) >= 11 is 0. The summed E-state index contributed by atoms with van der Waals surface area (Å²) in [6.45, 7) is 7.35. The van der Waals surface area contributed by atoms with Gasteiger partial charge in [0.05, 0.1) is 11.0 Å². The van der Waals surface area contributed by atoms with Crippen molar-refractivity contribution < 1.29 is 13.2 Å². The molecule has 0 aromatic heterocycles. The molecule has 0 saturated heterocycles. The number of ether oxygens (including phenoxy) is 1. The van der Waals surface area contributed by atoms with Crippen molar-refractivity contribution in [3.63, 3.8) is 0 Å². The first-order valence-corrected chi connectivity index (χ1v) is 8.16. The maximum atomic E-state index is 11.7. The molecule has 0 amide bonds. The molecule has 5 heteroatoms. The molecule has 108 valence electrons. The van der Waals surface area contributed by atoms with Gasteiger partial charge in [0.15, 0.2) is 9.84 Å². The minimum atomic E-state index is -3.07.